The van der Waals surface area contributed by atoms with Gasteiger partial charge in [-0.25, -0.2) is 0 Å². The number of carbonyl (C=O) groups is 1. The van der Waals surface area contributed by atoms with Gasteiger partial charge in [-0.3, -0.25) is 4.79 Å². The van der Waals surface area contributed by atoms with E-state index >= 15 is 0 Å². The van der Waals surface area contributed by atoms with E-state index in [1.54, 1.807) is 6.92 Å². The molecule has 0 saturated carbocycles. The quantitative estimate of drug-likeness (QED) is 0.502. The molecule has 0 heterocycles. The Bertz CT molecular complexity index is 388. The second-order valence-corrected chi connectivity index (χ2v) is 4.51. The third-order valence-corrected chi connectivity index (χ3v) is 2.74. The third kappa shape index (κ3) is 8.19. The van der Waals surface area contributed by atoms with Crippen molar-refractivity contribution in [2.75, 3.05) is 26.4 Å². The molecule has 1 rings (SSSR count). The normalized spacial score (nSPS) is 10.2. The second kappa shape index (κ2) is 11.0. The van der Waals surface area contributed by atoms with Crippen LogP contribution in [0, 0.1) is 0 Å². The summed E-state index contributed by atoms with van der Waals surface area (Å²) >= 11 is 0. The standard InChI is InChI=1S/C16H24O5/c1-2-19-16(18)6-3-4-12-20-14-7-9-15(10-8-14)21-13-5-11-17/h7-10,17H,2-6,11-13H2,1H3. The van der Waals surface area contributed by atoms with E-state index in [-0.39, 0.29) is 12.6 Å². The van der Waals surface area contributed by atoms with Crippen LogP contribution in [0.1, 0.15) is 32.6 Å². The molecule has 1 N–H and O–H groups in total. The number of aliphatic hydroxyl groups is 1. The SMILES string of the molecule is CCOC(=O)CCCCOc1ccc(OCCCO)cc1. The van der Waals surface area contributed by atoms with Crippen molar-refractivity contribution in [1.82, 2.24) is 0 Å². The van der Waals surface area contributed by atoms with Crippen LogP contribution >= 0.6 is 0 Å². The molecule has 0 bridgehead atoms. The van der Waals surface area contributed by atoms with E-state index in [1.165, 1.54) is 0 Å². The van der Waals surface area contributed by atoms with E-state index in [2.05, 4.69) is 0 Å². The molecule has 0 atom stereocenters. The Balaban J connectivity index is 2.13. The first-order chi connectivity index (χ1) is 10.3. The Hall–Kier alpha value is -1.75. The Morgan fingerprint density at radius 2 is 1.57 bits per heavy atom. The molecule has 1 aromatic carbocycles. The number of unbranched alkanes of at least 4 members (excludes halogenated alkanes) is 1. The van der Waals surface area contributed by atoms with Gasteiger partial charge in [0, 0.05) is 19.4 Å². The Labute approximate surface area is 125 Å². The minimum atomic E-state index is -0.151. The summed E-state index contributed by atoms with van der Waals surface area (Å²) in [4.78, 5) is 11.1. The fourth-order valence-corrected chi connectivity index (χ4v) is 1.68. The van der Waals surface area contributed by atoms with E-state index in [4.69, 9.17) is 19.3 Å². The molecular weight excluding hydrogens is 272 g/mol. The van der Waals surface area contributed by atoms with E-state index in [0.29, 0.717) is 32.7 Å². The minimum Gasteiger partial charge on any atom is -0.494 e. The zero-order valence-corrected chi connectivity index (χ0v) is 12.5. The molecule has 21 heavy (non-hydrogen) atoms. The lowest BCUT2D eigenvalue weighted by molar-refractivity contribution is -0.143. The zero-order chi connectivity index (χ0) is 15.3. The molecule has 0 fully saturated rings. The molecule has 0 aromatic heterocycles. The fraction of sp³-hybridized carbons (Fsp3) is 0.562. The van der Waals surface area contributed by atoms with Crippen molar-refractivity contribution in [3.8, 4) is 11.5 Å². The highest BCUT2D eigenvalue weighted by Gasteiger charge is 2.01. The van der Waals surface area contributed by atoms with Gasteiger partial charge in [0.25, 0.3) is 0 Å². The lowest BCUT2D eigenvalue weighted by Crippen LogP contribution is -2.05. The van der Waals surface area contributed by atoms with Crippen molar-refractivity contribution in [3.63, 3.8) is 0 Å². The fourth-order valence-electron chi connectivity index (χ4n) is 1.68. The summed E-state index contributed by atoms with van der Waals surface area (Å²) in [7, 11) is 0. The molecule has 0 aliphatic carbocycles. The first-order valence-corrected chi connectivity index (χ1v) is 7.38. The van der Waals surface area contributed by atoms with E-state index < -0.39 is 0 Å². The van der Waals surface area contributed by atoms with Crippen LogP contribution in [0.3, 0.4) is 0 Å². The Kier molecular flexibility index (Phi) is 9.04. The molecule has 5 heteroatoms. The van der Waals surface area contributed by atoms with Gasteiger partial charge in [-0.05, 0) is 44.0 Å². The van der Waals surface area contributed by atoms with Gasteiger partial charge in [0.15, 0.2) is 0 Å². The zero-order valence-electron chi connectivity index (χ0n) is 12.5. The van der Waals surface area contributed by atoms with Gasteiger partial charge in [-0.1, -0.05) is 0 Å². The Morgan fingerprint density at radius 1 is 1.00 bits per heavy atom. The average molecular weight is 296 g/mol. The minimum absolute atomic E-state index is 0.132. The molecule has 0 amide bonds. The molecule has 0 aliphatic heterocycles. The van der Waals surface area contributed by atoms with Gasteiger partial charge in [-0.2, -0.15) is 0 Å². The predicted molar refractivity (Wildman–Crippen MR) is 79.6 cm³/mol. The van der Waals surface area contributed by atoms with Crippen LogP contribution in [0.2, 0.25) is 0 Å². The summed E-state index contributed by atoms with van der Waals surface area (Å²) < 4.78 is 15.9. The summed E-state index contributed by atoms with van der Waals surface area (Å²) in [6.45, 7) is 3.45. The van der Waals surface area contributed by atoms with Crippen LogP contribution < -0.4 is 9.47 Å². The van der Waals surface area contributed by atoms with Gasteiger partial charge in [0.1, 0.15) is 11.5 Å². The molecule has 0 spiro atoms. The molecular formula is C16H24O5. The molecule has 118 valence electrons. The smallest absolute Gasteiger partial charge is 0.305 e. The number of benzene rings is 1. The largest absolute Gasteiger partial charge is 0.494 e. The summed E-state index contributed by atoms with van der Waals surface area (Å²) in [6, 6.07) is 7.37. The van der Waals surface area contributed by atoms with Gasteiger partial charge in [0.05, 0.1) is 19.8 Å². The number of hydrogen-bond donors (Lipinski definition) is 1. The van der Waals surface area contributed by atoms with Crippen molar-refractivity contribution in [2.24, 2.45) is 0 Å². The van der Waals surface area contributed by atoms with Crippen LogP contribution in [0.4, 0.5) is 0 Å². The molecule has 1 aromatic rings. The topological polar surface area (TPSA) is 65.0 Å². The molecule has 0 unspecified atom stereocenters. The number of carbonyl (C=O) groups excluding carboxylic acids is 1. The molecule has 0 saturated heterocycles. The summed E-state index contributed by atoms with van der Waals surface area (Å²) in [5.41, 5.74) is 0. The highest BCUT2D eigenvalue weighted by molar-refractivity contribution is 5.69. The number of esters is 1. The maximum absolute atomic E-state index is 11.1. The highest BCUT2D eigenvalue weighted by atomic mass is 16.5. The summed E-state index contributed by atoms with van der Waals surface area (Å²) in [6.07, 6.45) is 2.64. The first kappa shape index (κ1) is 17.3. The van der Waals surface area contributed by atoms with Crippen molar-refractivity contribution in [3.05, 3.63) is 24.3 Å². The van der Waals surface area contributed by atoms with Crippen LogP contribution in [0.5, 0.6) is 11.5 Å². The number of ether oxygens (including phenoxy) is 3. The second-order valence-electron chi connectivity index (χ2n) is 4.51. The van der Waals surface area contributed by atoms with Crippen molar-refractivity contribution >= 4 is 5.97 Å². The lowest BCUT2D eigenvalue weighted by Gasteiger charge is -2.08. The first-order valence-electron chi connectivity index (χ1n) is 7.38. The number of rotatable bonds is 11. The van der Waals surface area contributed by atoms with Crippen molar-refractivity contribution in [1.29, 1.82) is 0 Å². The lowest BCUT2D eigenvalue weighted by atomic mass is 10.2. The monoisotopic (exact) mass is 296 g/mol. The molecule has 5 nitrogen and oxygen atoms in total. The number of hydrogen-bond acceptors (Lipinski definition) is 5. The van der Waals surface area contributed by atoms with Crippen LogP contribution in [0.15, 0.2) is 24.3 Å². The van der Waals surface area contributed by atoms with E-state index in [1.807, 2.05) is 24.3 Å². The van der Waals surface area contributed by atoms with Gasteiger partial charge in [-0.15, -0.1) is 0 Å². The Morgan fingerprint density at radius 3 is 2.10 bits per heavy atom. The number of aliphatic hydroxyl groups excluding tert-OH is 1. The van der Waals surface area contributed by atoms with Crippen LogP contribution in [-0.4, -0.2) is 37.5 Å². The predicted octanol–water partition coefficient (Wildman–Crippen LogP) is 2.56. The summed E-state index contributed by atoms with van der Waals surface area (Å²) in [5.74, 6) is 1.39. The van der Waals surface area contributed by atoms with Gasteiger partial charge < -0.3 is 19.3 Å². The van der Waals surface area contributed by atoms with Crippen molar-refractivity contribution < 1.29 is 24.1 Å². The van der Waals surface area contributed by atoms with Crippen LogP contribution in [-0.2, 0) is 9.53 Å². The third-order valence-electron chi connectivity index (χ3n) is 2.74. The van der Waals surface area contributed by atoms with Crippen molar-refractivity contribution in [2.45, 2.75) is 32.6 Å². The molecule has 0 radical (unpaired) electrons. The molecule has 0 aliphatic rings. The van der Waals surface area contributed by atoms with Gasteiger partial charge in [0.2, 0.25) is 0 Å². The maximum Gasteiger partial charge on any atom is 0.305 e. The van der Waals surface area contributed by atoms with Crippen LogP contribution in [0.25, 0.3) is 0 Å². The van der Waals surface area contributed by atoms with Gasteiger partial charge >= 0.3 is 5.97 Å². The van der Waals surface area contributed by atoms with E-state index in [9.17, 15) is 4.79 Å². The van der Waals surface area contributed by atoms with E-state index in [0.717, 1.165) is 24.3 Å². The average Bonchev–Trinajstić information content (AvgIpc) is 2.49. The summed E-state index contributed by atoms with van der Waals surface area (Å²) in [5, 5.41) is 8.66. The maximum atomic E-state index is 11.1. The highest BCUT2D eigenvalue weighted by Crippen LogP contribution is 2.18.